The molecule has 0 unspecified atom stereocenters. The molecule has 0 saturated heterocycles. The van der Waals surface area contributed by atoms with Crippen molar-refractivity contribution in [2.75, 3.05) is 0 Å². The number of hydrogen-bond donors (Lipinski definition) is 0. The van der Waals surface area contributed by atoms with E-state index in [-0.39, 0.29) is 0 Å². The predicted molar refractivity (Wildman–Crippen MR) is 64.9 cm³/mol. The third-order valence-corrected chi connectivity index (χ3v) is 2.26. The second-order valence-electron chi connectivity index (χ2n) is 3.57. The topological polar surface area (TPSA) is 51.6 Å². The van der Waals surface area contributed by atoms with Crippen LogP contribution in [0.3, 0.4) is 0 Å². The lowest BCUT2D eigenvalue weighted by atomic mass is 10.1. The summed E-state index contributed by atoms with van der Waals surface area (Å²) in [5.41, 5.74) is 2.09. The van der Waals surface area contributed by atoms with Gasteiger partial charge in [-0.1, -0.05) is 30.2 Å². The quantitative estimate of drug-likeness (QED) is 0.730. The van der Waals surface area contributed by atoms with Crippen LogP contribution in [0.4, 0.5) is 0 Å². The van der Waals surface area contributed by atoms with Gasteiger partial charge < -0.3 is 0 Å². The molecule has 4 heteroatoms. The van der Waals surface area contributed by atoms with E-state index in [0.717, 1.165) is 12.0 Å². The van der Waals surface area contributed by atoms with E-state index < -0.39 is 0 Å². The summed E-state index contributed by atoms with van der Waals surface area (Å²) in [6.07, 6.45) is 0.766. The third kappa shape index (κ3) is 2.85. The van der Waals surface area contributed by atoms with Crippen molar-refractivity contribution in [3.05, 3.63) is 35.7 Å². The Bertz CT molecular complexity index is 547. The van der Waals surface area contributed by atoms with Gasteiger partial charge in [-0.2, -0.15) is 0 Å². The van der Waals surface area contributed by atoms with Crippen LogP contribution in [0, 0.1) is 18.8 Å². The normalized spacial score (nSPS) is 9.53. The van der Waals surface area contributed by atoms with E-state index in [2.05, 4.69) is 32.2 Å². The number of aryl methyl sites for hydroxylation is 1. The van der Waals surface area contributed by atoms with Crippen LogP contribution in [0.25, 0.3) is 11.4 Å². The van der Waals surface area contributed by atoms with E-state index in [0.29, 0.717) is 11.6 Å². The molecule has 0 atom stereocenters. The molecule has 0 N–H and O–H groups in total. The maximum Gasteiger partial charge on any atom is 0.203 e. The summed E-state index contributed by atoms with van der Waals surface area (Å²) in [4.78, 5) is 0. The van der Waals surface area contributed by atoms with Gasteiger partial charge >= 0.3 is 0 Å². The van der Waals surface area contributed by atoms with Crippen LogP contribution in [-0.4, -0.2) is 20.4 Å². The molecule has 2 rings (SSSR count). The highest BCUT2D eigenvalue weighted by Gasteiger charge is 2.02. The highest BCUT2D eigenvalue weighted by Crippen LogP contribution is 2.14. The predicted octanol–water partition coefficient (Wildman–Crippen LogP) is 1.81. The van der Waals surface area contributed by atoms with Gasteiger partial charge in [0.05, 0.1) is 0 Å². The summed E-state index contributed by atoms with van der Waals surface area (Å²) in [7, 11) is 0. The van der Waals surface area contributed by atoms with E-state index >= 15 is 0 Å². The van der Waals surface area contributed by atoms with Gasteiger partial charge in [0.1, 0.15) is 0 Å². The van der Waals surface area contributed by atoms with Gasteiger partial charge in [-0.15, -0.1) is 26.3 Å². The number of rotatable bonds is 2. The Morgan fingerprint density at radius 3 is 2.24 bits per heavy atom. The molecule has 84 valence electrons. The highest BCUT2D eigenvalue weighted by molar-refractivity contribution is 5.54. The molecule has 0 amide bonds. The van der Waals surface area contributed by atoms with Crippen molar-refractivity contribution in [3.8, 4) is 23.2 Å². The van der Waals surface area contributed by atoms with Gasteiger partial charge in [-0.3, -0.25) is 0 Å². The summed E-state index contributed by atoms with van der Waals surface area (Å²) in [5, 5.41) is 15.7. The molecule has 0 radical (unpaired) electrons. The van der Waals surface area contributed by atoms with E-state index in [1.54, 1.807) is 6.92 Å². The van der Waals surface area contributed by atoms with Gasteiger partial charge in [-0.05, 0) is 19.4 Å². The molecular formula is C13H12N4. The first-order valence-corrected chi connectivity index (χ1v) is 5.32. The molecule has 0 aliphatic carbocycles. The molecular weight excluding hydrogens is 212 g/mol. The van der Waals surface area contributed by atoms with E-state index in [9.17, 15) is 0 Å². The van der Waals surface area contributed by atoms with Gasteiger partial charge in [0, 0.05) is 12.0 Å². The lowest BCUT2D eigenvalue weighted by Gasteiger charge is -1.99. The zero-order chi connectivity index (χ0) is 12.1. The second kappa shape index (κ2) is 5.17. The summed E-state index contributed by atoms with van der Waals surface area (Å²) < 4.78 is 0. The second-order valence-corrected chi connectivity index (χ2v) is 3.57. The van der Waals surface area contributed by atoms with Crippen LogP contribution in [0.5, 0.6) is 0 Å². The SMILES string of the molecule is CC#CCc1ccc(-c2nnc(C)nn2)cc1. The summed E-state index contributed by atoms with van der Waals surface area (Å²) >= 11 is 0. The first-order chi connectivity index (χ1) is 8.29. The first-order valence-electron chi connectivity index (χ1n) is 5.32. The molecule has 0 spiro atoms. The summed E-state index contributed by atoms with van der Waals surface area (Å²) in [6.45, 7) is 3.60. The fourth-order valence-corrected chi connectivity index (χ4v) is 1.36. The van der Waals surface area contributed by atoms with Crippen LogP contribution in [0.15, 0.2) is 24.3 Å². The molecule has 1 aromatic carbocycles. The standard InChI is InChI=1S/C13H12N4/c1-3-4-5-11-6-8-12(9-7-11)13-16-14-10(2)15-17-13/h6-9H,5H2,1-2H3. The molecule has 4 nitrogen and oxygen atoms in total. The minimum absolute atomic E-state index is 0.545. The van der Waals surface area contributed by atoms with Crippen LogP contribution in [0.1, 0.15) is 18.3 Å². The van der Waals surface area contributed by atoms with E-state index in [1.165, 1.54) is 5.56 Å². The Balaban J connectivity index is 2.22. The zero-order valence-corrected chi connectivity index (χ0v) is 9.81. The summed E-state index contributed by atoms with van der Waals surface area (Å²) in [5.74, 6) is 7.02. The largest absolute Gasteiger partial charge is 0.203 e. The van der Waals surface area contributed by atoms with Crippen LogP contribution in [-0.2, 0) is 6.42 Å². The molecule has 0 aliphatic rings. The fourth-order valence-electron chi connectivity index (χ4n) is 1.36. The molecule has 17 heavy (non-hydrogen) atoms. The molecule has 0 aliphatic heterocycles. The van der Waals surface area contributed by atoms with Crippen molar-refractivity contribution in [2.45, 2.75) is 20.3 Å². The maximum atomic E-state index is 3.99. The van der Waals surface area contributed by atoms with Crippen molar-refractivity contribution in [2.24, 2.45) is 0 Å². The van der Waals surface area contributed by atoms with Gasteiger partial charge in [-0.25, -0.2) is 0 Å². The zero-order valence-electron chi connectivity index (χ0n) is 9.81. The summed E-state index contributed by atoms with van der Waals surface area (Å²) in [6, 6.07) is 7.95. The van der Waals surface area contributed by atoms with E-state index in [1.807, 2.05) is 31.2 Å². The van der Waals surface area contributed by atoms with Gasteiger partial charge in [0.15, 0.2) is 5.82 Å². The monoisotopic (exact) mass is 224 g/mol. The fraction of sp³-hybridized carbons (Fsp3) is 0.231. The average Bonchev–Trinajstić information content (AvgIpc) is 2.38. The lowest BCUT2D eigenvalue weighted by Crippen LogP contribution is -1.98. The number of benzene rings is 1. The Labute approximate surface area is 100 Å². The molecule has 1 heterocycles. The Hall–Kier alpha value is -2.28. The minimum atomic E-state index is 0.545. The molecule has 1 aromatic heterocycles. The smallest absolute Gasteiger partial charge is 0.131 e. The minimum Gasteiger partial charge on any atom is -0.131 e. The molecule has 0 bridgehead atoms. The Morgan fingerprint density at radius 1 is 1.00 bits per heavy atom. The number of nitrogens with zero attached hydrogens (tertiary/aromatic N) is 4. The molecule has 2 aromatic rings. The molecule has 0 saturated carbocycles. The van der Waals surface area contributed by atoms with E-state index in [4.69, 9.17) is 0 Å². The van der Waals surface area contributed by atoms with Gasteiger partial charge in [0.2, 0.25) is 5.82 Å². The Morgan fingerprint density at radius 2 is 1.65 bits per heavy atom. The average molecular weight is 224 g/mol. The molecule has 0 fully saturated rings. The highest BCUT2D eigenvalue weighted by atomic mass is 15.3. The van der Waals surface area contributed by atoms with Crippen molar-refractivity contribution < 1.29 is 0 Å². The van der Waals surface area contributed by atoms with Crippen molar-refractivity contribution in [1.29, 1.82) is 0 Å². The number of hydrogen-bond acceptors (Lipinski definition) is 4. The lowest BCUT2D eigenvalue weighted by molar-refractivity contribution is 0.816. The van der Waals surface area contributed by atoms with Crippen LogP contribution in [0.2, 0.25) is 0 Å². The Kier molecular flexibility index (Phi) is 3.41. The van der Waals surface area contributed by atoms with Crippen LogP contribution < -0.4 is 0 Å². The maximum absolute atomic E-state index is 3.99. The number of aromatic nitrogens is 4. The van der Waals surface area contributed by atoms with Gasteiger partial charge in [0.25, 0.3) is 0 Å². The van der Waals surface area contributed by atoms with Crippen molar-refractivity contribution >= 4 is 0 Å². The van der Waals surface area contributed by atoms with Crippen molar-refractivity contribution in [1.82, 2.24) is 20.4 Å². The van der Waals surface area contributed by atoms with Crippen molar-refractivity contribution in [3.63, 3.8) is 0 Å². The first kappa shape index (κ1) is 11.2. The third-order valence-electron chi connectivity index (χ3n) is 2.26. The van der Waals surface area contributed by atoms with Crippen LogP contribution >= 0.6 is 0 Å².